The molecule has 1 heterocycles. The Kier molecular flexibility index (Phi) is 7.70. The summed E-state index contributed by atoms with van der Waals surface area (Å²) in [6.45, 7) is 4.73. The summed E-state index contributed by atoms with van der Waals surface area (Å²) in [5.41, 5.74) is 26.0. The molecule has 8 aromatic carbocycles. The molecule has 0 radical (unpaired) electrons. The van der Waals surface area contributed by atoms with E-state index in [9.17, 15) is 0 Å². The van der Waals surface area contributed by atoms with Crippen molar-refractivity contribution in [1.29, 1.82) is 0 Å². The van der Waals surface area contributed by atoms with Gasteiger partial charge < -0.3 is 4.42 Å². The van der Waals surface area contributed by atoms with E-state index in [0.717, 1.165) is 21.9 Å². The highest BCUT2D eigenvalue weighted by Crippen LogP contribution is 2.52. The van der Waals surface area contributed by atoms with Crippen LogP contribution < -0.4 is 43.7 Å². The number of hydrogen-bond acceptors (Lipinski definition) is 1. The summed E-state index contributed by atoms with van der Waals surface area (Å²) in [7, 11) is 18.6. The highest BCUT2D eigenvalue weighted by Gasteiger charge is 2.36. The predicted molar refractivity (Wildman–Crippen MR) is 268 cm³/mol. The second-order valence-electron chi connectivity index (χ2n) is 17.0. The zero-order valence-electron chi connectivity index (χ0n) is 34.3. The van der Waals surface area contributed by atoms with Crippen LogP contribution in [0.1, 0.15) is 25.0 Å². The molecule has 1 nitrogen and oxygen atoms in total. The van der Waals surface area contributed by atoms with E-state index < -0.39 is 0 Å². The minimum absolute atomic E-state index is 0.0343. The molecule has 258 valence electrons. The van der Waals surface area contributed by atoms with Gasteiger partial charge in [-0.05, 0) is 95.4 Å². The maximum absolute atomic E-state index is 6.34. The quantitative estimate of drug-likeness (QED) is 0.175. The Hall–Kier alpha value is -5.40. The van der Waals surface area contributed by atoms with Crippen LogP contribution in [0.3, 0.4) is 0 Å². The Morgan fingerprint density at radius 2 is 0.839 bits per heavy atom. The van der Waals surface area contributed by atoms with Crippen molar-refractivity contribution in [1.82, 2.24) is 0 Å². The molecular weight excluding hydrogens is 667 g/mol. The van der Waals surface area contributed by atoms with E-state index in [1.165, 1.54) is 121 Å². The zero-order valence-corrected chi connectivity index (χ0v) is 34.3. The molecular formula is C47H40B8O. The smallest absolute Gasteiger partial charge is 0.139 e. The summed E-state index contributed by atoms with van der Waals surface area (Å²) in [5, 5.41) is 7.75. The second-order valence-corrected chi connectivity index (χ2v) is 17.0. The van der Waals surface area contributed by atoms with Gasteiger partial charge in [0.15, 0.2) is 0 Å². The number of para-hydroxylation sites is 1. The van der Waals surface area contributed by atoms with Crippen LogP contribution in [-0.4, -0.2) is 62.8 Å². The van der Waals surface area contributed by atoms with Gasteiger partial charge in [-0.1, -0.05) is 127 Å². The van der Waals surface area contributed by atoms with Gasteiger partial charge >= 0.3 is 0 Å². The first kappa shape index (κ1) is 35.0. The fourth-order valence-corrected chi connectivity index (χ4v) is 10.4. The van der Waals surface area contributed by atoms with E-state index in [0.29, 0.717) is 0 Å². The fourth-order valence-electron chi connectivity index (χ4n) is 10.4. The molecule has 0 amide bonds. The minimum Gasteiger partial charge on any atom is -0.456 e. The van der Waals surface area contributed by atoms with Crippen molar-refractivity contribution in [3.63, 3.8) is 0 Å². The summed E-state index contributed by atoms with van der Waals surface area (Å²) in [6, 6.07) is 40.7. The molecule has 0 bridgehead atoms. The number of furan rings is 1. The molecule has 0 spiro atoms. The normalized spacial score (nSPS) is 13.2. The third kappa shape index (κ3) is 4.67. The highest BCUT2D eigenvalue weighted by molar-refractivity contribution is 6.71. The molecule has 0 fully saturated rings. The molecule has 0 atom stereocenters. The van der Waals surface area contributed by atoms with E-state index in [4.69, 9.17) is 4.42 Å². The third-order valence-electron chi connectivity index (χ3n) is 14.1. The molecule has 9 heteroatoms. The molecule has 1 aliphatic rings. The average molecular weight is 707 g/mol. The first-order valence-corrected chi connectivity index (χ1v) is 20.1. The van der Waals surface area contributed by atoms with Crippen LogP contribution in [0.15, 0.2) is 114 Å². The van der Waals surface area contributed by atoms with Gasteiger partial charge in [0.1, 0.15) is 73.9 Å². The van der Waals surface area contributed by atoms with Crippen LogP contribution in [0.5, 0.6) is 0 Å². The Labute approximate surface area is 336 Å². The monoisotopic (exact) mass is 708 g/mol. The van der Waals surface area contributed by atoms with E-state index in [2.05, 4.69) is 186 Å². The largest absolute Gasteiger partial charge is 0.456 e. The topological polar surface area (TPSA) is 13.1 Å². The van der Waals surface area contributed by atoms with Gasteiger partial charge in [-0.3, -0.25) is 0 Å². The summed E-state index contributed by atoms with van der Waals surface area (Å²) in [6.07, 6.45) is 0. The van der Waals surface area contributed by atoms with Crippen LogP contribution in [0, 0.1) is 0 Å². The molecule has 10 rings (SSSR count). The third-order valence-corrected chi connectivity index (χ3v) is 14.1. The van der Waals surface area contributed by atoms with Crippen LogP contribution >= 0.6 is 0 Å². The van der Waals surface area contributed by atoms with E-state index in [1.54, 1.807) is 0 Å². The minimum atomic E-state index is -0.0343. The second kappa shape index (κ2) is 12.3. The molecule has 0 aliphatic heterocycles. The molecule has 0 saturated heterocycles. The lowest BCUT2D eigenvalue weighted by molar-refractivity contribution is 0.660. The Morgan fingerprint density at radius 3 is 1.46 bits per heavy atom. The molecule has 0 N–H and O–H groups in total. The van der Waals surface area contributed by atoms with Crippen molar-refractivity contribution < 1.29 is 4.42 Å². The van der Waals surface area contributed by atoms with Crippen LogP contribution in [0.2, 0.25) is 0 Å². The Morgan fingerprint density at radius 1 is 0.375 bits per heavy atom. The maximum atomic E-state index is 6.34. The van der Waals surface area contributed by atoms with Gasteiger partial charge in [0, 0.05) is 16.2 Å². The van der Waals surface area contributed by atoms with E-state index in [1.807, 2.05) is 0 Å². The lowest BCUT2D eigenvalue weighted by atomic mass is 9.59. The van der Waals surface area contributed by atoms with Crippen molar-refractivity contribution in [2.75, 3.05) is 0 Å². The maximum Gasteiger partial charge on any atom is 0.139 e. The first-order chi connectivity index (χ1) is 26.9. The molecule has 0 saturated carbocycles. The van der Waals surface area contributed by atoms with Crippen molar-refractivity contribution in [3.05, 3.63) is 120 Å². The molecule has 1 aromatic heterocycles. The summed E-state index contributed by atoms with van der Waals surface area (Å²) >= 11 is 0. The van der Waals surface area contributed by atoms with Crippen molar-refractivity contribution in [2.45, 2.75) is 19.3 Å². The van der Waals surface area contributed by atoms with E-state index >= 15 is 0 Å². The predicted octanol–water partition coefficient (Wildman–Crippen LogP) is -0.733. The van der Waals surface area contributed by atoms with Crippen LogP contribution in [-0.2, 0) is 5.41 Å². The summed E-state index contributed by atoms with van der Waals surface area (Å²) in [4.78, 5) is 0. The molecule has 9 aromatic rings. The van der Waals surface area contributed by atoms with Gasteiger partial charge in [0.2, 0.25) is 0 Å². The zero-order chi connectivity index (χ0) is 38.9. The lowest BCUT2D eigenvalue weighted by Crippen LogP contribution is -2.50. The first-order valence-electron chi connectivity index (χ1n) is 20.1. The van der Waals surface area contributed by atoms with Gasteiger partial charge in [-0.25, -0.2) is 0 Å². The van der Waals surface area contributed by atoms with E-state index in [-0.39, 0.29) is 5.41 Å². The molecule has 0 unspecified atom stereocenters. The number of rotatable bonds is 3. The van der Waals surface area contributed by atoms with Crippen molar-refractivity contribution in [2.24, 2.45) is 0 Å². The van der Waals surface area contributed by atoms with Crippen molar-refractivity contribution >= 4 is 150 Å². The highest BCUT2D eigenvalue weighted by atomic mass is 16.3. The Bertz CT molecular complexity index is 3110. The Balaban J connectivity index is 1.30. The fraction of sp³-hybridized carbons (Fsp3) is 0.0638. The van der Waals surface area contributed by atoms with Gasteiger partial charge in [-0.15, -0.1) is 21.9 Å². The summed E-state index contributed by atoms with van der Waals surface area (Å²) in [5.74, 6) is 0. The number of benzene rings is 8. The number of hydrogen-bond donors (Lipinski definition) is 0. The molecule has 1 aliphatic carbocycles. The van der Waals surface area contributed by atoms with Crippen LogP contribution in [0.4, 0.5) is 0 Å². The van der Waals surface area contributed by atoms with Gasteiger partial charge in [0.05, 0.1) is 0 Å². The van der Waals surface area contributed by atoms with Crippen LogP contribution in [0.25, 0.3) is 88.0 Å². The van der Waals surface area contributed by atoms with Crippen molar-refractivity contribution in [3.8, 4) is 44.5 Å². The number of fused-ring (bicyclic) bond motifs is 8. The summed E-state index contributed by atoms with van der Waals surface area (Å²) < 4.78 is 6.34. The lowest BCUT2D eigenvalue weighted by Gasteiger charge is -2.28. The average Bonchev–Trinajstić information content (AvgIpc) is 3.71. The van der Waals surface area contributed by atoms with Gasteiger partial charge in [-0.2, -0.15) is 0 Å². The van der Waals surface area contributed by atoms with Gasteiger partial charge in [0.25, 0.3) is 0 Å². The SMILES string of the molecule is Bc1c(B)c(B)c2c(-c3ccc4oc5ccccc5c4c3)c3c(B)c(B)c(B)c(B)c3c(-c3ccc(-c4cccc5c4-c4ccccc4C5(C)C)cc3)c2c1B. The standard InChI is InChI=1S/C47H40B8O/c1-47(2)28-11-5-3-9-26(28)34-24(10-7-12-29(34)47)21-14-16-22(17-15-21)32-35-37(41(50)45(54)43(52)39(35)48)33(38-36(32)40(49)44(53)46(55)42(38)51)23-18-19-31-27(20-23)25-8-4-6-13-30(25)56-31/h3-20H,48-55H2,1-2H3. The molecule has 56 heavy (non-hydrogen) atoms.